The van der Waals surface area contributed by atoms with E-state index in [1.807, 2.05) is 24.3 Å². The molecule has 106 valence electrons. The lowest BCUT2D eigenvalue weighted by Crippen LogP contribution is -2.21. The zero-order valence-corrected chi connectivity index (χ0v) is 12.2. The van der Waals surface area contributed by atoms with E-state index in [0.717, 1.165) is 12.3 Å². The third-order valence-corrected chi connectivity index (χ3v) is 4.65. The summed E-state index contributed by atoms with van der Waals surface area (Å²) < 4.78 is 0. The summed E-state index contributed by atoms with van der Waals surface area (Å²) in [6, 6.07) is 7.80. The second kappa shape index (κ2) is 5.39. The maximum atomic E-state index is 12.1. The van der Waals surface area contributed by atoms with Crippen LogP contribution in [-0.2, 0) is 0 Å². The molecule has 3 nitrogen and oxygen atoms in total. The van der Waals surface area contributed by atoms with Crippen LogP contribution >= 0.6 is 0 Å². The van der Waals surface area contributed by atoms with E-state index in [4.69, 9.17) is 0 Å². The fraction of sp³-hybridized carbons (Fsp3) is 0.529. The summed E-state index contributed by atoms with van der Waals surface area (Å²) in [6.07, 6.45) is 4.95. The second-order valence-electron chi connectivity index (χ2n) is 6.40. The van der Waals surface area contributed by atoms with Crippen LogP contribution in [0.3, 0.4) is 0 Å². The number of nitrogens with zero attached hydrogens (tertiary/aromatic N) is 1. The number of carbonyl (C=O) groups is 1. The summed E-state index contributed by atoms with van der Waals surface area (Å²) in [7, 11) is 0. The van der Waals surface area contributed by atoms with E-state index in [0.29, 0.717) is 17.4 Å². The third kappa shape index (κ3) is 2.62. The number of benzene rings is 1. The number of hydrazone groups is 1. The van der Waals surface area contributed by atoms with E-state index in [-0.39, 0.29) is 5.91 Å². The number of hydrogen-bond acceptors (Lipinski definition) is 2. The van der Waals surface area contributed by atoms with Gasteiger partial charge in [0.1, 0.15) is 0 Å². The highest BCUT2D eigenvalue weighted by Crippen LogP contribution is 2.42. The summed E-state index contributed by atoms with van der Waals surface area (Å²) in [5, 5.41) is 4.36. The molecule has 20 heavy (non-hydrogen) atoms. The molecule has 0 heterocycles. The van der Waals surface area contributed by atoms with Gasteiger partial charge in [0.15, 0.2) is 0 Å². The molecule has 3 rings (SSSR count). The van der Waals surface area contributed by atoms with Crippen LogP contribution in [0.4, 0.5) is 0 Å². The van der Waals surface area contributed by atoms with Crippen molar-refractivity contribution in [2.75, 3.05) is 0 Å². The molecule has 1 amide bonds. The lowest BCUT2D eigenvalue weighted by Gasteiger charge is -2.12. The normalized spacial score (nSPS) is 26.4. The monoisotopic (exact) mass is 270 g/mol. The Labute approximate surface area is 120 Å². The highest BCUT2D eigenvalue weighted by Gasteiger charge is 2.36. The lowest BCUT2D eigenvalue weighted by atomic mass is 9.99. The minimum Gasteiger partial charge on any atom is -0.267 e. The van der Waals surface area contributed by atoms with Crippen LogP contribution in [0.5, 0.6) is 0 Å². The Bertz CT molecular complexity index is 530. The van der Waals surface area contributed by atoms with Gasteiger partial charge in [-0.2, -0.15) is 5.10 Å². The van der Waals surface area contributed by atoms with Crippen molar-refractivity contribution in [2.24, 2.45) is 16.9 Å². The van der Waals surface area contributed by atoms with Crippen molar-refractivity contribution >= 4 is 11.6 Å². The zero-order valence-electron chi connectivity index (χ0n) is 12.2. The first-order chi connectivity index (χ1) is 9.63. The topological polar surface area (TPSA) is 41.5 Å². The smallest absolute Gasteiger partial charge is 0.267 e. The van der Waals surface area contributed by atoms with Crippen LogP contribution in [-0.4, -0.2) is 11.6 Å². The third-order valence-electron chi connectivity index (χ3n) is 4.65. The Kier molecular flexibility index (Phi) is 3.60. The van der Waals surface area contributed by atoms with Gasteiger partial charge in [-0.3, -0.25) is 4.79 Å². The van der Waals surface area contributed by atoms with Gasteiger partial charge in [-0.15, -0.1) is 0 Å². The van der Waals surface area contributed by atoms with Gasteiger partial charge in [-0.05, 0) is 61.1 Å². The second-order valence-corrected chi connectivity index (χ2v) is 6.40. The van der Waals surface area contributed by atoms with Crippen molar-refractivity contribution in [1.29, 1.82) is 0 Å². The van der Waals surface area contributed by atoms with Crippen molar-refractivity contribution in [3.63, 3.8) is 0 Å². The molecule has 3 heteroatoms. The molecule has 1 aromatic carbocycles. The maximum Gasteiger partial charge on any atom is 0.271 e. The van der Waals surface area contributed by atoms with Gasteiger partial charge in [-0.25, -0.2) is 5.43 Å². The molecule has 2 aliphatic rings. The van der Waals surface area contributed by atoms with E-state index in [1.54, 1.807) is 0 Å². The molecular weight excluding hydrogens is 248 g/mol. The summed E-state index contributed by atoms with van der Waals surface area (Å²) in [5.74, 6) is 1.83. The summed E-state index contributed by atoms with van der Waals surface area (Å²) in [5.41, 5.74) is 5.86. The molecule has 2 bridgehead atoms. The predicted molar refractivity (Wildman–Crippen MR) is 80.9 cm³/mol. The highest BCUT2D eigenvalue weighted by atomic mass is 16.2. The Hall–Kier alpha value is -1.64. The van der Waals surface area contributed by atoms with Crippen molar-refractivity contribution < 1.29 is 4.79 Å². The quantitative estimate of drug-likeness (QED) is 0.836. The van der Waals surface area contributed by atoms with Crippen LogP contribution in [0.25, 0.3) is 0 Å². The molecule has 0 radical (unpaired) electrons. The van der Waals surface area contributed by atoms with Crippen LogP contribution in [0.2, 0.25) is 0 Å². The molecule has 0 aliphatic heterocycles. The van der Waals surface area contributed by atoms with Gasteiger partial charge in [0.2, 0.25) is 0 Å². The Balaban J connectivity index is 1.63. The Morgan fingerprint density at radius 2 is 2.00 bits per heavy atom. The average molecular weight is 270 g/mol. The highest BCUT2D eigenvalue weighted by molar-refractivity contribution is 5.96. The molecule has 0 aromatic heterocycles. The number of carbonyl (C=O) groups excluding carboxylic acids is 1. The van der Waals surface area contributed by atoms with Gasteiger partial charge in [0, 0.05) is 11.3 Å². The molecule has 2 saturated carbocycles. The van der Waals surface area contributed by atoms with Gasteiger partial charge < -0.3 is 0 Å². The van der Waals surface area contributed by atoms with Gasteiger partial charge >= 0.3 is 0 Å². The number of fused-ring (bicyclic) bond motifs is 2. The van der Waals surface area contributed by atoms with Gasteiger partial charge in [0.05, 0.1) is 0 Å². The van der Waals surface area contributed by atoms with E-state index >= 15 is 0 Å². The van der Waals surface area contributed by atoms with Crippen molar-refractivity contribution in [1.82, 2.24) is 5.43 Å². The fourth-order valence-corrected chi connectivity index (χ4v) is 3.37. The number of amides is 1. The predicted octanol–water partition coefficient (Wildman–Crippen LogP) is 3.72. The van der Waals surface area contributed by atoms with Crippen LogP contribution in [0.15, 0.2) is 29.4 Å². The molecular formula is C17H22N2O. The lowest BCUT2D eigenvalue weighted by molar-refractivity contribution is 0.0954. The number of rotatable bonds is 3. The molecule has 2 unspecified atom stereocenters. The van der Waals surface area contributed by atoms with E-state index in [2.05, 4.69) is 24.4 Å². The molecule has 0 spiro atoms. The van der Waals surface area contributed by atoms with Gasteiger partial charge in [0.25, 0.3) is 5.91 Å². The Morgan fingerprint density at radius 3 is 2.55 bits per heavy atom. The summed E-state index contributed by atoms with van der Waals surface area (Å²) >= 11 is 0. The number of nitrogens with one attached hydrogen (secondary N) is 1. The van der Waals surface area contributed by atoms with E-state index in [9.17, 15) is 4.79 Å². The van der Waals surface area contributed by atoms with E-state index in [1.165, 1.54) is 30.5 Å². The zero-order chi connectivity index (χ0) is 14.1. The summed E-state index contributed by atoms with van der Waals surface area (Å²) in [6.45, 7) is 4.30. The SMILES string of the molecule is CC(C)c1ccc(C(=O)N/N=C2/CC3CCC2C3)cc1. The van der Waals surface area contributed by atoms with Crippen LogP contribution in [0.1, 0.15) is 61.4 Å². The first kappa shape index (κ1) is 13.3. The maximum absolute atomic E-state index is 12.1. The Morgan fingerprint density at radius 1 is 1.25 bits per heavy atom. The molecule has 2 atom stereocenters. The molecule has 1 N–H and O–H groups in total. The molecule has 0 saturated heterocycles. The first-order valence-corrected chi connectivity index (χ1v) is 7.60. The standard InChI is InChI=1S/C17H22N2O/c1-11(2)13-5-7-14(8-6-13)17(20)19-18-16-10-12-3-4-15(16)9-12/h5-8,11-12,15H,3-4,9-10H2,1-2H3,(H,19,20)/b18-16-. The fourth-order valence-electron chi connectivity index (χ4n) is 3.37. The van der Waals surface area contributed by atoms with Crippen LogP contribution < -0.4 is 5.43 Å². The largest absolute Gasteiger partial charge is 0.271 e. The van der Waals surface area contributed by atoms with Gasteiger partial charge in [-0.1, -0.05) is 26.0 Å². The first-order valence-electron chi connectivity index (χ1n) is 7.60. The minimum atomic E-state index is -0.101. The molecule has 2 aliphatic carbocycles. The number of hydrogen-bond donors (Lipinski definition) is 1. The molecule has 1 aromatic rings. The minimum absolute atomic E-state index is 0.101. The summed E-state index contributed by atoms with van der Waals surface area (Å²) in [4.78, 5) is 12.1. The van der Waals surface area contributed by atoms with Crippen molar-refractivity contribution in [3.05, 3.63) is 35.4 Å². The van der Waals surface area contributed by atoms with Crippen molar-refractivity contribution in [2.45, 2.75) is 45.4 Å². The van der Waals surface area contributed by atoms with E-state index < -0.39 is 0 Å². The average Bonchev–Trinajstić information content (AvgIpc) is 3.07. The van der Waals surface area contributed by atoms with Crippen molar-refractivity contribution in [3.8, 4) is 0 Å². The van der Waals surface area contributed by atoms with Crippen LogP contribution in [0, 0.1) is 11.8 Å². The molecule has 2 fully saturated rings.